The molecule has 1 aromatic carbocycles. The molecule has 2 atom stereocenters. The number of hydrogen-bond donors (Lipinski definition) is 1. The third-order valence-corrected chi connectivity index (χ3v) is 4.96. The molecular formula is C18H17ClN2O3. The van der Waals surface area contributed by atoms with Gasteiger partial charge < -0.3 is 14.6 Å². The van der Waals surface area contributed by atoms with Crippen molar-refractivity contribution in [1.29, 1.82) is 0 Å². The van der Waals surface area contributed by atoms with Crippen molar-refractivity contribution >= 4 is 34.8 Å². The van der Waals surface area contributed by atoms with Crippen LogP contribution in [0, 0.1) is 5.92 Å². The Labute approximate surface area is 144 Å². The van der Waals surface area contributed by atoms with Crippen LogP contribution >= 0.6 is 11.6 Å². The van der Waals surface area contributed by atoms with Crippen molar-refractivity contribution in [3.63, 3.8) is 0 Å². The molecule has 4 rings (SSSR count). The van der Waals surface area contributed by atoms with E-state index in [1.54, 1.807) is 23.3 Å². The third kappa shape index (κ3) is 2.80. The fraction of sp³-hybridized carbons (Fsp3) is 0.333. The Kier molecular flexibility index (Phi) is 3.81. The van der Waals surface area contributed by atoms with Crippen LogP contribution in [0.4, 0.5) is 11.4 Å². The van der Waals surface area contributed by atoms with E-state index in [4.69, 9.17) is 16.0 Å². The first-order valence-corrected chi connectivity index (χ1v) is 8.45. The Morgan fingerprint density at radius 1 is 1.33 bits per heavy atom. The minimum Gasteiger partial charge on any atom is -0.469 e. The minimum absolute atomic E-state index is 0.0665. The molecule has 0 spiro atoms. The number of benzene rings is 1. The molecule has 2 fully saturated rings. The van der Waals surface area contributed by atoms with Crippen LogP contribution < -0.4 is 10.2 Å². The number of carbonyl (C=O) groups is 2. The number of nitrogens with zero attached hydrogens (tertiary/aromatic N) is 1. The Hall–Kier alpha value is -2.27. The number of hydrogen-bond acceptors (Lipinski definition) is 3. The van der Waals surface area contributed by atoms with E-state index in [2.05, 4.69) is 5.32 Å². The summed E-state index contributed by atoms with van der Waals surface area (Å²) in [4.78, 5) is 26.0. The molecule has 1 aliphatic carbocycles. The Balaban J connectivity index is 1.48. The maximum Gasteiger partial charge on any atom is 0.228 e. The first kappa shape index (κ1) is 15.3. The van der Waals surface area contributed by atoms with Crippen LogP contribution in [-0.2, 0) is 9.59 Å². The van der Waals surface area contributed by atoms with Gasteiger partial charge in [-0.05, 0) is 43.2 Å². The molecule has 1 saturated carbocycles. The lowest BCUT2D eigenvalue weighted by molar-refractivity contribution is -0.118. The van der Waals surface area contributed by atoms with Crippen molar-refractivity contribution in [3.05, 3.63) is 47.4 Å². The molecule has 6 heteroatoms. The molecule has 2 unspecified atom stereocenters. The van der Waals surface area contributed by atoms with Gasteiger partial charge in [0.25, 0.3) is 0 Å². The molecule has 2 aliphatic rings. The summed E-state index contributed by atoms with van der Waals surface area (Å²) in [5, 5.41) is 3.36. The maximum atomic E-state index is 12.4. The van der Waals surface area contributed by atoms with E-state index in [0.717, 1.165) is 24.3 Å². The molecule has 1 saturated heterocycles. The van der Waals surface area contributed by atoms with Gasteiger partial charge in [0, 0.05) is 30.5 Å². The number of anilines is 2. The summed E-state index contributed by atoms with van der Waals surface area (Å²) < 4.78 is 5.36. The van der Waals surface area contributed by atoms with Gasteiger partial charge in [-0.3, -0.25) is 9.59 Å². The van der Waals surface area contributed by atoms with Gasteiger partial charge >= 0.3 is 0 Å². The lowest BCUT2D eigenvalue weighted by Gasteiger charge is -2.17. The normalized spacial score (nSPS) is 22.7. The SMILES string of the molecule is O=C(Nc1cc(N2CCCC2=O)ccc1Cl)C1CC1c1ccco1. The maximum absolute atomic E-state index is 12.4. The highest BCUT2D eigenvalue weighted by Gasteiger charge is 2.46. The van der Waals surface area contributed by atoms with Crippen molar-refractivity contribution < 1.29 is 14.0 Å². The molecule has 1 N–H and O–H groups in total. The average Bonchev–Trinajstić information content (AvgIpc) is 2.97. The molecule has 0 bridgehead atoms. The fourth-order valence-electron chi connectivity index (χ4n) is 3.22. The van der Waals surface area contributed by atoms with Crippen molar-refractivity contribution in [2.45, 2.75) is 25.2 Å². The number of nitrogens with one attached hydrogen (secondary N) is 1. The van der Waals surface area contributed by atoms with Crippen molar-refractivity contribution in [2.75, 3.05) is 16.8 Å². The van der Waals surface area contributed by atoms with Crippen LogP contribution in [0.15, 0.2) is 41.0 Å². The van der Waals surface area contributed by atoms with Crippen molar-refractivity contribution in [2.24, 2.45) is 5.92 Å². The van der Waals surface area contributed by atoms with Crippen LogP contribution in [0.3, 0.4) is 0 Å². The standard InChI is InChI=1S/C18H17ClN2O3/c19-14-6-5-11(21-7-1-4-17(21)22)9-15(14)20-18(23)13-10-12(13)16-3-2-8-24-16/h2-3,5-6,8-9,12-13H,1,4,7,10H2,(H,20,23). The molecule has 2 heterocycles. The van der Waals surface area contributed by atoms with Gasteiger partial charge in [-0.25, -0.2) is 0 Å². The lowest BCUT2D eigenvalue weighted by Crippen LogP contribution is -2.24. The monoisotopic (exact) mass is 344 g/mol. The van der Waals surface area contributed by atoms with E-state index in [9.17, 15) is 9.59 Å². The lowest BCUT2D eigenvalue weighted by atomic mass is 10.2. The van der Waals surface area contributed by atoms with E-state index >= 15 is 0 Å². The summed E-state index contributed by atoms with van der Waals surface area (Å²) in [6.07, 6.45) is 3.82. The highest BCUT2D eigenvalue weighted by Crippen LogP contribution is 2.48. The van der Waals surface area contributed by atoms with E-state index in [1.165, 1.54) is 0 Å². The van der Waals surface area contributed by atoms with Crippen LogP contribution in [0.5, 0.6) is 0 Å². The van der Waals surface area contributed by atoms with Gasteiger partial charge in [-0.2, -0.15) is 0 Å². The fourth-order valence-corrected chi connectivity index (χ4v) is 3.39. The van der Waals surface area contributed by atoms with E-state index in [1.807, 2.05) is 18.2 Å². The third-order valence-electron chi connectivity index (χ3n) is 4.63. The predicted octanol–water partition coefficient (Wildman–Crippen LogP) is 3.80. The quantitative estimate of drug-likeness (QED) is 0.917. The molecule has 124 valence electrons. The van der Waals surface area contributed by atoms with Gasteiger partial charge in [0.1, 0.15) is 5.76 Å². The van der Waals surface area contributed by atoms with Crippen LogP contribution in [-0.4, -0.2) is 18.4 Å². The highest BCUT2D eigenvalue weighted by atomic mass is 35.5. The van der Waals surface area contributed by atoms with Crippen LogP contribution in [0.1, 0.15) is 30.9 Å². The van der Waals surface area contributed by atoms with Crippen LogP contribution in [0.25, 0.3) is 0 Å². The average molecular weight is 345 g/mol. The second kappa shape index (κ2) is 5.98. The molecule has 5 nitrogen and oxygen atoms in total. The van der Waals surface area contributed by atoms with E-state index < -0.39 is 0 Å². The zero-order chi connectivity index (χ0) is 16.7. The van der Waals surface area contributed by atoms with E-state index in [-0.39, 0.29) is 23.7 Å². The molecule has 2 amide bonds. The Morgan fingerprint density at radius 2 is 2.21 bits per heavy atom. The Morgan fingerprint density at radius 3 is 2.92 bits per heavy atom. The zero-order valence-corrected chi connectivity index (χ0v) is 13.8. The molecule has 1 aromatic heterocycles. The Bertz CT molecular complexity index is 788. The first-order chi connectivity index (χ1) is 11.6. The number of furan rings is 1. The van der Waals surface area contributed by atoms with Gasteiger partial charge in [-0.1, -0.05) is 11.6 Å². The molecule has 0 radical (unpaired) electrons. The zero-order valence-electron chi connectivity index (χ0n) is 13.0. The number of halogens is 1. The predicted molar refractivity (Wildman–Crippen MR) is 91.2 cm³/mol. The second-order valence-electron chi connectivity index (χ2n) is 6.27. The molecular weight excluding hydrogens is 328 g/mol. The van der Waals surface area contributed by atoms with E-state index in [0.29, 0.717) is 23.7 Å². The number of amides is 2. The largest absolute Gasteiger partial charge is 0.469 e. The highest BCUT2D eigenvalue weighted by molar-refractivity contribution is 6.34. The topological polar surface area (TPSA) is 62.6 Å². The summed E-state index contributed by atoms with van der Waals surface area (Å²) >= 11 is 6.21. The van der Waals surface area contributed by atoms with Crippen LogP contribution in [0.2, 0.25) is 5.02 Å². The van der Waals surface area contributed by atoms with Crippen molar-refractivity contribution in [1.82, 2.24) is 0 Å². The first-order valence-electron chi connectivity index (χ1n) is 8.07. The molecule has 24 heavy (non-hydrogen) atoms. The molecule has 1 aliphatic heterocycles. The minimum atomic E-state index is -0.0932. The summed E-state index contributed by atoms with van der Waals surface area (Å²) in [6.45, 7) is 0.705. The second-order valence-corrected chi connectivity index (χ2v) is 6.67. The van der Waals surface area contributed by atoms with Gasteiger partial charge in [0.2, 0.25) is 11.8 Å². The summed E-state index contributed by atoms with van der Waals surface area (Å²) in [5.41, 5.74) is 1.32. The number of carbonyl (C=O) groups excluding carboxylic acids is 2. The summed E-state index contributed by atoms with van der Waals surface area (Å²) in [5.74, 6) is 0.932. The van der Waals surface area contributed by atoms with Gasteiger partial charge in [0.05, 0.1) is 17.0 Å². The summed E-state index contributed by atoms with van der Waals surface area (Å²) in [6, 6.07) is 9.02. The smallest absolute Gasteiger partial charge is 0.228 e. The number of rotatable bonds is 4. The van der Waals surface area contributed by atoms with Gasteiger partial charge in [-0.15, -0.1) is 0 Å². The van der Waals surface area contributed by atoms with Crippen molar-refractivity contribution in [3.8, 4) is 0 Å². The molecule has 2 aromatic rings. The van der Waals surface area contributed by atoms with Gasteiger partial charge in [0.15, 0.2) is 0 Å². The summed E-state index contributed by atoms with van der Waals surface area (Å²) in [7, 11) is 0.